The van der Waals surface area contributed by atoms with Crippen molar-refractivity contribution in [3.8, 4) is 5.75 Å². The summed E-state index contributed by atoms with van der Waals surface area (Å²) in [5, 5.41) is 0. The summed E-state index contributed by atoms with van der Waals surface area (Å²) >= 11 is 0. The van der Waals surface area contributed by atoms with Crippen molar-refractivity contribution >= 4 is 27.8 Å². The summed E-state index contributed by atoms with van der Waals surface area (Å²) in [4.78, 5) is 25.1. The Labute approximate surface area is 147 Å². The lowest BCUT2D eigenvalue weighted by Gasteiger charge is -2.22. The number of sulfone groups is 1. The Morgan fingerprint density at radius 2 is 2.12 bits per heavy atom. The summed E-state index contributed by atoms with van der Waals surface area (Å²) in [7, 11) is -0.00140. The molecule has 1 atom stereocenters. The highest BCUT2D eigenvalue weighted by Gasteiger charge is 2.32. The minimum Gasteiger partial charge on any atom is -0.497 e. The van der Waals surface area contributed by atoms with Gasteiger partial charge in [-0.15, -0.1) is 0 Å². The van der Waals surface area contributed by atoms with E-state index in [4.69, 9.17) is 9.47 Å². The van der Waals surface area contributed by atoms with Crippen molar-refractivity contribution in [2.24, 2.45) is 0 Å². The molecule has 1 amide bonds. The average molecular weight is 367 g/mol. The van der Waals surface area contributed by atoms with Crippen molar-refractivity contribution < 1.29 is 27.5 Å². The summed E-state index contributed by atoms with van der Waals surface area (Å²) in [6.07, 6.45) is 3.19. The van der Waals surface area contributed by atoms with Crippen LogP contribution in [0.25, 0.3) is 6.08 Å². The van der Waals surface area contributed by atoms with Gasteiger partial charge < -0.3 is 14.4 Å². The SMILES string of the molecule is COc1cccc(/C=C\C(=O)OCC(=O)N(C)[C@H]2CCS(=O)(=O)C2)c1. The average Bonchev–Trinajstić information content (AvgIpc) is 2.97. The predicted molar refractivity (Wildman–Crippen MR) is 92.8 cm³/mol. The monoisotopic (exact) mass is 367 g/mol. The third-order valence-electron chi connectivity index (χ3n) is 3.99. The Balaban J connectivity index is 1.82. The van der Waals surface area contributed by atoms with Gasteiger partial charge in [-0.2, -0.15) is 0 Å². The number of benzene rings is 1. The van der Waals surface area contributed by atoms with Crippen LogP contribution in [-0.2, 0) is 24.2 Å². The largest absolute Gasteiger partial charge is 0.497 e. The Hall–Kier alpha value is -2.35. The van der Waals surface area contributed by atoms with Gasteiger partial charge in [0.05, 0.1) is 18.6 Å². The van der Waals surface area contributed by atoms with Crippen molar-refractivity contribution in [3.05, 3.63) is 35.9 Å². The van der Waals surface area contributed by atoms with Gasteiger partial charge in [-0.3, -0.25) is 4.79 Å². The fourth-order valence-electron chi connectivity index (χ4n) is 2.48. The van der Waals surface area contributed by atoms with Crippen molar-refractivity contribution in [2.45, 2.75) is 12.5 Å². The molecule has 0 bridgehead atoms. The second-order valence-corrected chi connectivity index (χ2v) is 8.01. The first kappa shape index (κ1) is 19.0. The van der Waals surface area contributed by atoms with Crippen LogP contribution in [-0.4, -0.2) is 63.5 Å². The lowest BCUT2D eigenvalue weighted by atomic mass is 10.2. The predicted octanol–water partition coefficient (Wildman–Crippen LogP) is 0.897. The molecule has 2 rings (SSSR count). The molecule has 1 saturated heterocycles. The van der Waals surface area contributed by atoms with Gasteiger partial charge in [0.2, 0.25) is 0 Å². The molecule has 1 heterocycles. The molecule has 8 heteroatoms. The molecule has 1 aromatic rings. The summed E-state index contributed by atoms with van der Waals surface area (Å²) in [6.45, 7) is -0.422. The molecule has 1 aromatic carbocycles. The first-order valence-electron chi connectivity index (χ1n) is 7.76. The maximum absolute atomic E-state index is 12.0. The third kappa shape index (κ3) is 5.60. The molecular weight excluding hydrogens is 346 g/mol. The molecule has 0 spiro atoms. The standard InChI is InChI=1S/C17H21NO6S/c1-18(14-8-9-25(21,22)12-14)16(19)11-24-17(20)7-6-13-4-3-5-15(10-13)23-2/h3-7,10,14H,8-9,11-12H2,1-2H3/b7-6-/t14-/m0/s1. The van der Waals surface area contributed by atoms with E-state index in [1.54, 1.807) is 37.5 Å². The minimum atomic E-state index is -3.07. The lowest BCUT2D eigenvalue weighted by molar-refractivity contribution is -0.148. The van der Waals surface area contributed by atoms with Gasteiger partial charge in [-0.25, -0.2) is 13.2 Å². The Bertz CT molecular complexity index is 771. The highest BCUT2D eigenvalue weighted by Crippen LogP contribution is 2.16. The van der Waals surface area contributed by atoms with Gasteiger partial charge in [0.25, 0.3) is 5.91 Å². The summed E-state index contributed by atoms with van der Waals surface area (Å²) in [5.41, 5.74) is 0.760. The number of methoxy groups -OCH3 is 1. The fourth-order valence-corrected chi connectivity index (χ4v) is 4.25. The van der Waals surface area contributed by atoms with Crippen LogP contribution in [0.15, 0.2) is 30.3 Å². The maximum Gasteiger partial charge on any atom is 0.331 e. The van der Waals surface area contributed by atoms with Crippen LogP contribution >= 0.6 is 0 Å². The molecule has 1 aliphatic heterocycles. The number of amides is 1. The van der Waals surface area contributed by atoms with Gasteiger partial charge in [-0.1, -0.05) is 12.1 Å². The normalized spacial score (nSPS) is 18.9. The molecule has 7 nitrogen and oxygen atoms in total. The van der Waals surface area contributed by atoms with Crippen LogP contribution in [0.1, 0.15) is 12.0 Å². The quantitative estimate of drug-likeness (QED) is 0.548. The van der Waals surface area contributed by atoms with Crippen LogP contribution in [0, 0.1) is 0 Å². The minimum absolute atomic E-state index is 0.0427. The molecule has 0 radical (unpaired) electrons. The van der Waals surface area contributed by atoms with Crippen LogP contribution in [0.4, 0.5) is 0 Å². The van der Waals surface area contributed by atoms with Gasteiger partial charge >= 0.3 is 5.97 Å². The van der Waals surface area contributed by atoms with Gasteiger partial charge in [0.1, 0.15) is 5.75 Å². The Morgan fingerprint density at radius 3 is 2.76 bits per heavy atom. The van der Waals surface area contributed by atoms with E-state index in [1.165, 1.54) is 18.0 Å². The Kier molecular flexibility index (Phi) is 6.19. The molecule has 136 valence electrons. The van der Waals surface area contributed by atoms with Gasteiger partial charge in [0.15, 0.2) is 16.4 Å². The van der Waals surface area contributed by atoms with E-state index in [0.29, 0.717) is 12.2 Å². The number of rotatable bonds is 6. The zero-order valence-corrected chi connectivity index (χ0v) is 15.0. The van der Waals surface area contributed by atoms with Gasteiger partial charge in [0, 0.05) is 19.2 Å². The van der Waals surface area contributed by atoms with Gasteiger partial charge in [-0.05, 0) is 30.2 Å². The smallest absolute Gasteiger partial charge is 0.331 e. The molecule has 0 saturated carbocycles. The third-order valence-corrected chi connectivity index (χ3v) is 5.74. The summed E-state index contributed by atoms with van der Waals surface area (Å²) in [5.74, 6) is -0.371. The van der Waals surface area contributed by atoms with E-state index in [-0.39, 0.29) is 17.5 Å². The highest BCUT2D eigenvalue weighted by molar-refractivity contribution is 7.91. The van der Waals surface area contributed by atoms with Crippen LogP contribution in [0.5, 0.6) is 5.75 Å². The molecule has 1 aliphatic rings. The molecule has 25 heavy (non-hydrogen) atoms. The maximum atomic E-state index is 12.0. The topological polar surface area (TPSA) is 90.0 Å². The number of likely N-dealkylation sites (N-methyl/N-ethyl adjacent to an activating group) is 1. The Morgan fingerprint density at radius 1 is 1.36 bits per heavy atom. The number of ether oxygens (including phenoxy) is 2. The molecule has 0 N–H and O–H groups in total. The van der Waals surface area contributed by atoms with E-state index in [0.717, 1.165) is 5.56 Å². The number of hydrogen-bond donors (Lipinski definition) is 0. The summed E-state index contributed by atoms with van der Waals surface area (Å²) < 4.78 is 32.9. The number of nitrogens with zero attached hydrogens (tertiary/aromatic N) is 1. The first-order valence-corrected chi connectivity index (χ1v) is 9.58. The second kappa shape index (κ2) is 8.15. The fraction of sp³-hybridized carbons (Fsp3) is 0.412. The van der Waals surface area contributed by atoms with Crippen LogP contribution < -0.4 is 4.74 Å². The van der Waals surface area contributed by atoms with Crippen molar-refractivity contribution in [1.29, 1.82) is 0 Å². The van der Waals surface area contributed by atoms with E-state index in [9.17, 15) is 18.0 Å². The zero-order chi connectivity index (χ0) is 18.4. The van der Waals surface area contributed by atoms with E-state index < -0.39 is 28.3 Å². The molecule has 0 aliphatic carbocycles. The van der Waals surface area contributed by atoms with Crippen molar-refractivity contribution in [3.63, 3.8) is 0 Å². The number of carbonyl (C=O) groups is 2. The van der Waals surface area contributed by atoms with Crippen LogP contribution in [0.3, 0.4) is 0 Å². The first-order chi connectivity index (χ1) is 11.8. The van der Waals surface area contributed by atoms with E-state index in [2.05, 4.69) is 0 Å². The number of esters is 1. The zero-order valence-electron chi connectivity index (χ0n) is 14.2. The summed E-state index contributed by atoms with van der Waals surface area (Å²) in [6, 6.07) is 6.77. The number of carbonyl (C=O) groups excluding carboxylic acids is 2. The van der Waals surface area contributed by atoms with E-state index >= 15 is 0 Å². The number of hydrogen-bond acceptors (Lipinski definition) is 6. The molecule has 1 fully saturated rings. The van der Waals surface area contributed by atoms with Crippen molar-refractivity contribution in [1.82, 2.24) is 4.90 Å². The van der Waals surface area contributed by atoms with Crippen LogP contribution in [0.2, 0.25) is 0 Å². The molecule has 0 aromatic heterocycles. The second-order valence-electron chi connectivity index (χ2n) is 5.78. The lowest BCUT2D eigenvalue weighted by Crippen LogP contribution is -2.40. The highest BCUT2D eigenvalue weighted by atomic mass is 32.2. The molecule has 0 unspecified atom stereocenters. The van der Waals surface area contributed by atoms with Crippen molar-refractivity contribution in [2.75, 3.05) is 32.3 Å². The molecular formula is C17H21NO6S. The van der Waals surface area contributed by atoms with E-state index in [1.807, 2.05) is 0 Å².